The first-order valence-corrected chi connectivity index (χ1v) is 8.17. The van der Waals surface area contributed by atoms with E-state index in [9.17, 15) is 0 Å². The maximum Gasteiger partial charge on any atom is 0.0340 e. The van der Waals surface area contributed by atoms with Crippen LogP contribution >= 0.6 is 0 Å². The zero-order chi connectivity index (χ0) is 14.0. The molecule has 2 N–H and O–H groups in total. The zero-order valence-electron chi connectivity index (χ0n) is 13.4. The molecule has 3 nitrogen and oxygen atoms in total. The molecule has 1 unspecified atom stereocenters. The topological polar surface area (TPSA) is 32.5 Å². The molecule has 1 heterocycles. The first kappa shape index (κ1) is 15.3. The SMILES string of the molecule is CCC1CN(C)CCCN1C1(CN)CC(C(C)C)C1. The quantitative estimate of drug-likeness (QED) is 0.847. The van der Waals surface area contributed by atoms with Crippen molar-refractivity contribution in [2.75, 3.05) is 33.2 Å². The van der Waals surface area contributed by atoms with Crippen LogP contribution in [0, 0.1) is 11.8 Å². The second kappa shape index (κ2) is 6.11. The van der Waals surface area contributed by atoms with Crippen LogP contribution in [0.15, 0.2) is 0 Å². The zero-order valence-corrected chi connectivity index (χ0v) is 13.4. The molecule has 1 aliphatic carbocycles. The van der Waals surface area contributed by atoms with Crippen molar-refractivity contribution in [3.05, 3.63) is 0 Å². The highest BCUT2D eigenvalue weighted by Gasteiger charge is 2.50. The lowest BCUT2D eigenvalue weighted by molar-refractivity contribution is -0.0584. The molecule has 2 aliphatic rings. The molecule has 112 valence electrons. The summed E-state index contributed by atoms with van der Waals surface area (Å²) in [6, 6.07) is 0.698. The van der Waals surface area contributed by atoms with Crippen molar-refractivity contribution in [2.24, 2.45) is 17.6 Å². The van der Waals surface area contributed by atoms with Gasteiger partial charge in [0, 0.05) is 31.2 Å². The van der Waals surface area contributed by atoms with E-state index in [2.05, 4.69) is 37.6 Å². The van der Waals surface area contributed by atoms with E-state index < -0.39 is 0 Å². The number of rotatable bonds is 4. The Morgan fingerprint density at radius 1 is 1.26 bits per heavy atom. The van der Waals surface area contributed by atoms with Gasteiger partial charge >= 0.3 is 0 Å². The van der Waals surface area contributed by atoms with Crippen molar-refractivity contribution >= 4 is 0 Å². The summed E-state index contributed by atoms with van der Waals surface area (Å²) in [7, 11) is 2.26. The first-order chi connectivity index (χ1) is 9.02. The minimum absolute atomic E-state index is 0.320. The number of likely N-dealkylation sites (N-methyl/N-ethyl adjacent to an activating group) is 1. The van der Waals surface area contributed by atoms with E-state index in [0.717, 1.165) is 18.4 Å². The largest absolute Gasteiger partial charge is 0.329 e. The molecule has 1 aliphatic heterocycles. The Kier molecular flexibility index (Phi) is 4.91. The third-order valence-electron chi connectivity index (χ3n) is 5.59. The van der Waals surface area contributed by atoms with Crippen LogP contribution in [0.3, 0.4) is 0 Å². The Balaban J connectivity index is 2.08. The fraction of sp³-hybridized carbons (Fsp3) is 1.00. The lowest BCUT2D eigenvalue weighted by Crippen LogP contribution is -2.65. The van der Waals surface area contributed by atoms with Crippen molar-refractivity contribution in [3.63, 3.8) is 0 Å². The molecular weight excluding hydrogens is 234 g/mol. The highest BCUT2D eigenvalue weighted by molar-refractivity contribution is 5.06. The summed E-state index contributed by atoms with van der Waals surface area (Å²) >= 11 is 0. The fourth-order valence-electron chi connectivity index (χ4n) is 4.12. The maximum atomic E-state index is 6.21. The molecule has 0 aromatic rings. The van der Waals surface area contributed by atoms with E-state index in [0.29, 0.717) is 11.6 Å². The predicted octanol–water partition coefficient (Wildman–Crippen LogP) is 2.17. The highest BCUT2D eigenvalue weighted by atomic mass is 15.3. The van der Waals surface area contributed by atoms with Crippen molar-refractivity contribution in [3.8, 4) is 0 Å². The van der Waals surface area contributed by atoms with Crippen LogP contribution in [-0.2, 0) is 0 Å². The lowest BCUT2D eigenvalue weighted by atomic mass is 9.62. The molecule has 3 heteroatoms. The van der Waals surface area contributed by atoms with Crippen molar-refractivity contribution in [1.82, 2.24) is 9.80 Å². The average molecular weight is 267 g/mol. The number of hydrogen-bond donors (Lipinski definition) is 1. The Hall–Kier alpha value is -0.120. The monoisotopic (exact) mass is 267 g/mol. The van der Waals surface area contributed by atoms with Gasteiger partial charge < -0.3 is 10.6 Å². The van der Waals surface area contributed by atoms with Crippen LogP contribution in [0.2, 0.25) is 0 Å². The number of nitrogens with zero attached hydrogens (tertiary/aromatic N) is 2. The number of nitrogens with two attached hydrogens (primary N) is 1. The second-order valence-electron chi connectivity index (χ2n) is 7.21. The summed E-state index contributed by atoms with van der Waals surface area (Å²) in [6.45, 7) is 11.6. The van der Waals surface area contributed by atoms with Gasteiger partial charge in [-0.3, -0.25) is 4.90 Å². The van der Waals surface area contributed by atoms with Gasteiger partial charge in [-0.25, -0.2) is 0 Å². The van der Waals surface area contributed by atoms with E-state index >= 15 is 0 Å². The molecular formula is C16H33N3. The third-order valence-corrected chi connectivity index (χ3v) is 5.59. The van der Waals surface area contributed by atoms with E-state index in [1.807, 2.05) is 0 Å². The molecule has 1 atom stereocenters. The summed E-state index contributed by atoms with van der Waals surface area (Å²) in [5, 5.41) is 0. The highest BCUT2D eigenvalue weighted by Crippen LogP contribution is 2.46. The molecule has 0 aromatic heterocycles. The molecule has 1 saturated carbocycles. The van der Waals surface area contributed by atoms with Gasteiger partial charge in [0.15, 0.2) is 0 Å². The van der Waals surface area contributed by atoms with Crippen LogP contribution in [0.25, 0.3) is 0 Å². The summed E-state index contributed by atoms with van der Waals surface area (Å²) in [5.74, 6) is 1.71. The minimum atomic E-state index is 0.320. The molecule has 2 fully saturated rings. The normalized spacial score (nSPS) is 38.2. The van der Waals surface area contributed by atoms with Gasteiger partial charge in [-0.1, -0.05) is 20.8 Å². The smallest absolute Gasteiger partial charge is 0.0340 e. The van der Waals surface area contributed by atoms with Crippen LogP contribution in [-0.4, -0.2) is 54.6 Å². The van der Waals surface area contributed by atoms with E-state index in [1.54, 1.807) is 0 Å². The van der Waals surface area contributed by atoms with E-state index in [-0.39, 0.29) is 0 Å². The predicted molar refractivity (Wildman–Crippen MR) is 82.2 cm³/mol. The van der Waals surface area contributed by atoms with Gasteiger partial charge in [0.2, 0.25) is 0 Å². The van der Waals surface area contributed by atoms with Crippen LogP contribution in [0.1, 0.15) is 46.5 Å². The van der Waals surface area contributed by atoms with Crippen LogP contribution in [0.5, 0.6) is 0 Å². The van der Waals surface area contributed by atoms with Crippen LogP contribution < -0.4 is 5.73 Å². The molecule has 0 radical (unpaired) electrons. The Morgan fingerprint density at radius 2 is 1.95 bits per heavy atom. The Bertz CT molecular complexity index is 284. The molecule has 2 rings (SSSR count). The van der Waals surface area contributed by atoms with Gasteiger partial charge in [-0.15, -0.1) is 0 Å². The number of hydrogen-bond acceptors (Lipinski definition) is 3. The summed E-state index contributed by atoms with van der Waals surface area (Å²) in [4.78, 5) is 5.28. The molecule has 0 amide bonds. The minimum Gasteiger partial charge on any atom is -0.329 e. The van der Waals surface area contributed by atoms with Gasteiger partial charge in [0.1, 0.15) is 0 Å². The van der Waals surface area contributed by atoms with Gasteiger partial charge in [-0.2, -0.15) is 0 Å². The van der Waals surface area contributed by atoms with E-state index in [1.165, 1.54) is 45.3 Å². The van der Waals surface area contributed by atoms with Gasteiger partial charge in [-0.05, 0) is 51.1 Å². The standard InChI is InChI=1S/C16H33N3/c1-5-15-11-18(4)7-6-8-19(15)16(12-17)9-14(10-16)13(2)3/h13-15H,5-12,17H2,1-4H3. The van der Waals surface area contributed by atoms with Gasteiger partial charge in [0.05, 0.1) is 0 Å². The van der Waals surface area contributed by atoms with Crippen LogP contribution in [0.4, 0.5) is 0 Å². The summed E-state index contributed by atoms with van der Waals surface area (Å²) < 4.78 is 0. The first-order valence-electron chi connectivity index (χ1n) is 8.17. The van der Waals surface area contributed by atoms with Crippen molar-refractivity contribution in [2.45, 2.75) is 58.0 Å². The lowest BCUT2D eigenvalue weighted by Gasteiger charge is -2.57. The molecule has 0 bridgehead atoms. The third kappa shape index (κ3) is 2.98. The molecule has 1 saturated heterocycles. The molecule has 0 aromatic carbocycles. The summed E-state index contributed by atoms with van der Waals surface area (Å²) in [6.07, 6.45) is 5.18. The van der Waals surface area contributed by atoms with E-state index in [4.69, 9.17) is 5.73 Å². The average Bonchev–Trinajstić information content (AvgIpc) is 2.50. The molecule has 19 heavy (non-hydrogen) atoms. The Labute approximate surface area is 119 Å². The van der Waals surface area contributed by atoms with Crippen molar-refractivity contribution < 1.29 is 0 Å². The second-order valence-corrected chi connectivity index (χ2v) is 7.21. The maximum absolute atomic E-state index is 6.21. The van der Waals surface area contributed by atoms with Crippen molar-refractivity contribution in [1.29, 1.82) is 0 Å². The summed E-state index contributed by atoms with van der Waals surface area (Å²) in [5.41, 5.74) is 6.53. The Morgan fingerprint density at radius 3 is 2.47 bits per heavy atom. The van der Waals surface area contributed by atoms with Gasteiger partial charge in [0.25, 0.3) is 0 Å². The fourth-order valence-corrected chi connectivity index (χ4v) is 4.12. The molecule has 0 spiro atoms.